The van der Waals surface area contributed by atoms with Crippen LogP contribution >= 0.6 is 0 Å². The zero-order valence-corrected chi connectivity index (χ0v) is 13.1. The second kappa shape index (κ2) is 5.68. The van der Waals surface area contributed by atoms with Crippen molar-refractivity contribution in [3.63, 3.8) is 0 Å². The molecule has 0 aromatic heterocycles. The molecule has 114 valence electrons. The number of piperazine rings is 1. The first-order valence-corrected chi connectivity index (χ1v) is 7.78. The summed E-state index contributed by atoms with van der Waals surface area (Å²) < 4.78 is 5.40. The van der Waals surface area contributed by atoms with Gasteiger partial charge in [0.15, 0.2) is 0 Å². The van der Waals surface area contributed by atoms with Gasteiger partial charge in [-0.05, 0) is 43.9 Å². The standard InChI is InChI=1S/C17H24N2O2/c1-12-6-7-14(9-16(12)21-3)10-18-11-15-5-4-8-19(15)17(20)13(18)2/h6-7,9,13,15H,4-5,8,10-11H2,1-3H3/t13-,15+/m0/s1. The molecule has 0 N–H and O–H groups in total. The molecule has 2 aliphatic heterocycles. The molecule has 21 heavy (non-hydrogen) atoms. The maximum Gasteiger partial charge on any atom is 0.239 e. The number of hydrogen-bond acceptors (Lipinski definition) is 3. The molecule has 1 aromatic rings. The van der Waals surface area contributed by atoms with E-state index in [9.17, 15) is 4.79 Å². The zero-order valence-electron chi connectivity index (χ0n) is 13.1. The van der Waals surface area contributed by atoms with Gasteiger partial charge in [-0.2, -0.15) is 0 Å². The summed E-state index contributed by atoms with van der Waals surface area (Å²) in [7, 11) is 1.70. The molecule has 0 bridgehead atoms. The fourth-order valence-corrected chi connectivity index (χ4v) is 3.54. The van der Waals surface area contributed by atoms with Crippen LogP contribution in [0.1, 0.15) is 30.9 Å². The number of hydrogen-bond donors (Lipinski definition) is 0. The van der Waals surface area contributed by atoms with Crippen LogP contribution in [0.4, 0.5) is 0 Å². The van der Waals surface area contributed by atoms with E-state index in [-0.39, 0.29) is 6.04 Å². The van der Waals surface area contributed by atoms with Gasteiger partial charge in [0.1, 0.15) is 5.75 Å². The van der Waals surface area contributed by atoms with Crippen molar-refractivity contribution in [1.82, 2.24) is 9.80 Å². The lowest BCUT2D eigenvalue weighted by Gasteiger charge is -2.41. The lowest BCUT2D eigenvalue weighted by Crippen LogP contribution is -2.58. The molecule has 0 spiro atoms. The summed E-state index contributed by atoms with van der Waals surface area (Å²) in [5.41, 5.74) is 2.36. The van der Waals surface area contributed by atoms with E-state index in [1.54, 1.807) is 7.11 Å². The number of rotatable bonds is 3. The lowest BCUT2D eigenvalue weighted by molar-refractivity contribution is -0.143. The van der Waals surface area contributed by atoms with Gasteiger partial charge < -0.3 is 9.64 Å². The van der Waals surface area contributed by atoms with Crippen molar-refractivity contribution < 1.29 is 9.53 Å². The second-order valence-corrected chi connectivity index (χ2v) is 6.24. The number of aryl methyl sites for hydroxylation is 1. The molecule has 2 aliphatic rings. The molecular weight excluding hydrogens is 264 g/mol. The van der Waals surface area contributed by atoms with Gasteiger partial charge in [-0.3, -0.25) is 9.69 Å². The largest absolute Gasteiger partial charge is 0.496 e. The van der Waals surface area contributed by atoms with Gasteiger partial charge in [-0.15, -0.1) is 0 Å². The highest BCUT2D eigenvalue weighted by atomic mass is 16.5. The molecule has 0 saturated carbocycles. The van der Waals surface area contributed by atoms with Crippen molar-refractivity contribution in [2.24, 2.45) is 0 Å². The van der Waals surface area contributed by atoms with Gasteiger partial charge in [0.25, 0.3) is 0 Å². The lowest BCUT2D eigenvalue weighted by atomic mass is 10.0. The van der Waals surface area contributed by atoms with Gasteiger partial charge in [-0.1, -0.05) is 12.1 Å². The van der Waals surface area contributed by atoms with Crippen molar-refractivity contribution in [3.8, 4) is 5.75 Å². The first kappa shape index (κ1) is 14.4. The number of methoxy groups -OCH3 is 1. The monoisotopic (exact) mass is 288 g/mol. The third kappa shape index (κ3) is 2.64. The molecule has 0 aliphatic carbocycles. The fourth-order valence-electron chi connectivity index (χ4n) is 3.54. The second-order valence-electron chi connectivity index (χ2n) is 6.24. The predicted octanol–water partition coefficient (Wildman–Crippen LogP) is 2.20. The number of carbonyl (C=O) groups excluding carboxylic acids is 1. The Morgan fingerprint density at radius 1 is 1.38 bits per heavy atom. The van der Waals surface area contributed by atoms with Crippen LogP contribution in [-0.4, -0.2) is 48.0 Å². The zero-order chi connectivity index (χ0) is 15.0. The number of ether oxygens (including phenoxy) is 1. The summed E-state index contributed by atoms with van der Waals surface area (Å²) in [6, 6.07) is 6.71. The van der Waals surface area contributed by atoms with Crippen LogP contribution in [0, 0.1) is 6.92 Å². The average molecular weight is 288 g/mol. The minimum absolute atomic E-state index is 0.0216. The summed E-state index contributed by atoms with van der Waals surface area (Å²) in [5, 5.41) is 0. The highest BCUT2D eigenvalue weighted by Crippen LogP contribution is 2.27. The van der Waals surface area contributed by atoms with Gasteiger partial charge in [-0.25, -0.2) is 0 Å². The highest BCUT2D eigenvalue weighted by Gasteiger charge is 2.39. The third-order valence-corrected chi connectivity index (χ3v) is 4.87. The van der Waals surface area contributed by atoms with Crippen LogP contribution in [0.3, 0.4) is 0 Å². The topological polar surface area (TPSA) is 32.8 Å². The van der Waals surface area contributed by atoms with Crippen molar-refractivity contribution in [2.45, 2.75) is 45.3 Å². The third-order valence-electron chi connectivity index (χ3n) is 4.87. The minimum atomic E-state index is -0.0216. The molecule has 2 saturated heterocycles. The van der Waals surface area contributed by atoms with Crippen molar-refractivity contribution in [3.05, 3.63) is 29.3 Å². The van der Waals surface area contributed by atoms with Gasteiger partial charge in [0.05, 0.1) is 13.2 Å². The Morgan fingerprint density at radius 3 is 2.95 bits per heavy atom. The molecule has 2 atom stereocenters. The maximum atomic E-state index is 12.4. The Bertz CT molecular complexity index is 544. The van der Waals surface area contributed by atoms with Gasteiger partial charge in [0.2, 0.25) is 5.91 Å². The Balaban J connectivity index is 1.76. The van der Waals surface area contributed by atoms with Crippen LogP contribution in [0.15, 0.2) is 18.2 Å². The van der Waals surface area contributed by atoms with Crippen molar-refractivity contribution in [1.29, 1.82) is 0 Å². The Labute approximate surface area is 126 Å². The molecule has 1 aromatic carbocycles. The molecule has 2 fully saturated rings. The molecule has 2 heterocycles. The molecule has 1 amide bonds. The molecule has 0 unspecified atom stereocenters. The molecular formula is C17H24N2O2. The van der Waals surface area contributed by atoms with Crippen LogP contribution in [-0.2, 0) is 11.3 Å². The number of fused-ring (bicyclic) bond motifs is 1. The van der Waals surface area contributed by atoms with E-state index < -0.39 is 0 Å². The van der Waals surface area contributed by atoms with E-state index in [1.807, 2.05) is 13.8 Å². The van der Waals surface area contributed by atoms with Crippen LogP contribution in [0.2, 0.25) is 0 Å². The van der Waals surface area contributed by atoms with Crippen LogP contribution in [0.25, 0.3) is 0 Å². The highest BCUT2D eigenvalue weighted by molar-refractivity contribution is 5.83. The predicted molar refractivity (Wildman–Crippen MR) is 82.3 cm³/mol. The van der Waals surface area contributed by atoms with E-state index in [4.69, 9.17) is 4.74 Å². The minimum Gasteiger partial charge on any atom is -0.496 e. The quantitative estimate of drug-likeness (QED) is 0.855. The molecule has 3 rings (SSSR count). The van der Waals surface area contributed by atoms with E-state index in [0.717, 1.165) is 43.8 Å². The molecule has 4 nitrogen and oxygen atoms in total. The van der Waals surface area contributed by atoms with E-state index in [2.05, 4.69) is 28.0 Å². The number of carbonyl (C=O) groups is 1. The normalized spacial score (nSPS) is 26.0. The summed E-state index contributed by atoms with van der Waals surface area (Å²) >= 11 is 0. The van der Waals surface area contributed by atoms with E-state index >= 15 is 0 Å². The number of benzene rings is 1. The summed E-state index contributed by atoms with van der Waals surface area (Å²) in [4.78, 5) is 16.8. The SMILES string of the molecule is COc1cc(CN2C[C@H]3CCCN3C(=O)[C@@H]2C)ccc1C. The molecule has 0 radical (unpaired) electrons. The average Bonchev–Trinajstić information content (AvgIpc) is 2.94. The number of amides is 1. The first-order chi connectivity index (χ1) is 10.1. The van der Waals surface area contributed by atoms with Crippen molar-refractivity contribution >= 4 is 5.91 Å². The summed E-state index contributed by atoms with van der Waals surface area (Å²) in [6.45, 7) is 6.82. The molecule has 4 heteroatoms. The Morgan fingerprint density at radius 2 is 2.19 bits per heavy atom. The Kier molecular flexibility index (Phi) is 3.89. The smallest absolute Gasteiger partial charge is 0.239 e. The maximum absolute atomic E-state index is 12.4. The summed E-state index contributed by atoms with van der Waals surface area (Å²) in [5.74, 6) is 1.22. The van der Waals surface area contributed by atoms with Crippen LogP contribution in [0.5, 0.6) is 5.75 Å². The van der Waals surface area contributed by atoms with Gasteiger partial charge in [0, 0.05) is 25.7 Å². The number of nitrogens with zero attached hydrogens (tertiary/aromatic N) is 2. The fraction of sp³-hybridized carbons (Fsp3) is 0.588. The van der Waals surface area contributed by atoms with Crippen molar-refractivity contribution in [2.75, 3.05) is 20.2 Å². The van der Waals surface area contributed by atoms with Gasteiger partial charge >= 0.3 is 0 Å². The van der Waals surface area contributed by atoms with E-state index in [0.29, 0.717) is 11.9 Å². The van der Waals surface area contributed by atoms with E-state index in [1.165, 1.54) is 5.56 Å². The summed E-state index contributed by atoms with van der Waals surface area (Å²) in [6.07, 6.45) is 2.29. The Hall–Kier alpha value is -1.55. The van der Waals surface area contributed by atoms with Crippen LogP contribution < -0.4 is 4.74 Å². The first-order valence-electron chi connectivity index (χ1n) is 7.78.